The van der Waals surface area contributed by atoms with Crippen molar-refractivity contribution in [1.82, 2.24) is 20.6 Å². The van der Waals surface area contributed by atoms with Gasteiger partial charge in [0.15, 0.2) is 0 Å². The molecule has 0 unspecified atom stereocenters. The summed E-state index contributed by atoms with van der Waals surface area (Å²) in [6, 6.07) is 0. The zero-order chi connectivity index (χ0) is 33.0. The molecule has 0 aliphatic carbocycles. The third-order valence-corrected chi connectivity index (χ3v) is 8.55. The minimum Gasteiger partial charge on any atom is -0.469 e. The van der Waals surface area contributed by atoms with Gasteiger partial charge in [0.25, 0.3) is 11.8 Å². The molecule has 2 aromatic heterocycles. The van der Waals surface area contributed by atoms with Gasteiger partial charge in [-0.3, -0.25) is 19.2 Å². The summed E-state index contributed by atoms with van der Waals surface area (Å²) in [5.41, 5.74) is 11.1. The Morgan fingerprint density at radius 1 is 0.689 bits per heavy atom. The van der Waals surface area contributed by atoms with Crippen LogP contribution in [0.25, 0.3) is 12.2 Å². The fourth-order valence-electron chi connectivity index (χ4n) is 5.81. The standard InChI is InChI=1S/C35H40N4O6/c1-9-22-21(6)34(42)39-29(22)16-27-20(5)25(12-14-33(41)45-8)31(37-27)17-30-24(11-13-32(40)44-7)19(4)26(36-30)15-28-18(3)23(10-2)35(43)38-28/h9-10,15-16,36-37H,1-2,11-14,17H2,3-8H3,(H,38,43)(H,39,42)/b28-15+,29-16+. The Balaban J connectivity index is 1.81. The van der Waals surface area contributed by atoms with E-state index in [1.165, 1.54) is 14.2 Å². The number of nitrogens with one attached hydrogen (secondary N) is 4. The van der Waals surface area contributed by atoms with Gasteiger partial charge in [0.1, 0.15) is 0 Å². The molecule has 45 heavy (non-hydrogen) atoms. The Hall–Kier alpha value is -5.12. The highest BCUT2D eigenvalue weighted by Crippen LogP contribution is 2.31. The van der Waals surface area contributed by atoms with E-state index in [4.69, 9.17) is 9.47 Å². The number of carbonyl (C=O) groups excluding carboxylic acids is 4. The summed E-state index contributed by atoms with van der Waals surface area (Å²) in [5, 5.41) is 5.81. The lowest BCUT2D eigenvalue weighted by Gasteiger charge is -2.08. The normalized spacial score (nSPS) is 16.5. The summed E-state index contributed by atoms with van der Waals surface area (Å²) < 4.78 is 9.83. The predicted molar refractivity (Wildman–Crippen MR) is 173 cm³/mol. The summed E-state index contributed by atoms with van der Waals surface area (Å²) in [6.07, 6.45) is 8.69. The van der Waals surface area contributed by atoms with Crippen LogP contribution in [0.15, 0.2) is 59.0 Å². The van der Waals surface area contributed by atoms with E-state index in [1.807, 2.05) is 32.9 Å². The molecule has 2 amide bonds. The molecule has 4 heterocycles. The zero-order valence-electron chi connectivity index (χ0n) is 26.7. The summed E-state index contributed by atoms with van der Waals surface area (Å²) in [5.74, 6) is -1.01. The highest BCUT2D eigenvalue weighted by molar-refractivity contribution is 6.03. The fraction of sp³-hybridized carbons (Fsp3) is 0.314. The molecule has 0 saturated carbocycles. The maximum absolute atomic E-state index is 12.4. The summed E-state index contributed by atoms with van der Waals surface area (Å²) >= 11 is 0. The molecule has 4 N–H and O–H groups in total. The minimum absolute atomic E-state index is 0.172. The molecule has 10 heteroatoms. The van der Waals surface area contributed by atoms with Gasteiger partial charge in [0, 0.05) is 64.5 Å². The maximum atomic E-state index is 12.4. The van der Waals surface area contributed by atoms with Gasteiger partial charge in [-0.15, -0.1) is 0 Å². The number of hydrogen-bond acceptors (Lipinski definition) is 6. The summed E-state index contributed by atoms with van der Waals surface area (Å²) in [4.78, 5) is 56.1. The van der Waals surface area contributed by atoms with Crippen molar-refractivity contribution >= 4 is 35.9 Å². The summed E-state index contributed by atoms with van der Waals surface area (Å²) in [6.45, 7) is 15.2. The van der Waals surface area contributed by atoms with E-state index in [9.17, 15) is 19.2 Å². The quantitative estimate of drug-likeness (QED) is 0.256. The second kappa shape index (κ2) is 13.7. The first-order chi connectivity index (χ1) is 21.4. The lowest BCUT2D eigenvalue weighted by Crippen LogP contribution is -2.15. The Morgan fingerprint density at radius 2 is 1.16 bits per heavy atom. The highest BCUT2D eigenvalue weighted by atomic mass is 16.5. The number of carbonyl (C=O) groups is 4. The Labute approximate surface area is 263 Å². The van der Waals surface area contributed by atoms with Gasteiger partial charge in [-0.1, -0.05) is 25.3 Å². The highest BCUT2D eigenvalue weighted by Gasteiger charge is 2.25. The molecule has 10 nitrogen and oxygen atoms in total. The Bertz CT molecular complexity index is 1740. The van der Waals surface area contributed by atoms with E-state index in [0.29, 0.717) is 41.8 Å². The molecule has 0 fully saturated rings. The second-order valence-electron chi connectivity index (χ2n) is 11.1. The smallest absolute Gasteiger partial charge is 0.305 e. The average molecular weight is 613 g/mol. The fourth-order valence-corrected chi connectivity index (χ4v) is 5.81. The van der Waals surface area contributed by atoms with Gasteiger partial charge in [-0.25, -0.2) is 0 Å². The van der Waals surface area contributed by atoms with E-state index in [-0.39, 0.29) is 36.6 Å². The molecule has 236 valence electrons. The number of ether oxygens (including phenoxy) is 2. The molecule has 0 spiro atoms. The predicted octanol–water partition coefficient (Wildman–Crippen LogP) is 4.71. The van der Waals surface area contributed by atoms with Crippen LogP contribution < -0.4 is 10.6 Å². The molecule has 0 radical (unpaired) electrons. The molecule has 0 bridgehead atoms. The molecule has 2 aromatic rings. The first-order valence-corrected chi connectivity index (χ1v) is 14.7. The SMILES string of the molecule is C=CC1=C(C)/C(=C\c2[nH]c(Cc3[nH]c(/C=C4/NC(=O)C(C)=C4C=C)c(C)c3CCC(=O)OC)c(CCC(=O)OC)c2C)NC1=O. The molecule has 2 aliphatic heterocycles. The number of esters is 2. The second-order valence-corrected chi connectivity index (χ2v) is 11.1. The van der Waals surface area contributed by atoms with Crippen molar-refractivity contribution in [2.45, 2.75) is 59.8 Å². The number of H-pyrrole nitrogens is 2. The van der Waals surface area contributed by atoms with Crippen molar-refractivity contribution in [3.8, 4) is 0 Å². The van der Waals surface area contributed by atoms with Crippen LogP contribution in [0.1, 0.15) is 71.7 Å². The van der Waals surface area contributed by atoms with Crippen molar-refractivity contribution in [2.75, 3.05) is 14.2 Å². The van der Waals surface area contributed by atoms with Crippen molar-refractivity contribution in [1.29, 1.82) is 0 Å². The average Bonchev–Trinajstić information content (AvgIpc) is 3.66. The van der Waals surface area contributed by atoms with Gasteiger partial charge < -0.3 is 30.1 Å². The number of aromatic amines is 2. The largest absolute Gasteiger partial charge is 0.469 e. The van der Waals surface area contributed by atoms with Crippen LogP contribution in [0, 0.1) is 13.8 Å². The van der Waals surface area contributed by atoms with E-state index in [2.05, 4.69) is 33.8 Å². The first kappa shape index (κ1) is 32.8. The van der Waals surface area contributed by atoms with Gasteiger partial charge in [-0.2, -0.15) is 0 Å². The van der Waals surface area contributed by atoms with Crippen molar-refractivity contribution in [3.05, 3.63) is 104 Å². The zero-order valence-corrected chi connectivity index (χ0v) is 26.7. The molecular formula is C35H40N4O6. The first-order valence-electron chi connectivity index (χ1n) is 14.7. The van der Waals surface area contributed by atoms with Crippen molar-refractivity contribution in [2.24, 2.45) is 0 Å². The topological polar surface area (TPSA) is 142 Å². The number of amides is 2. The number of allylic oxidation sites excluding steroid dienone is 2. The number of hydrogen-bond donors (Lipinski definition) is 4. The van der Waals surface area contributed by atoms with Crippen molar-refractivity contribution < 1.29 is 28.7 Å². The van der Waals surface area contributed by atoms with E-state index >= 15 is 0 Å². The van der Waals surface area contributed by atoms with Crippen LogP contribution in [0.5, 0.6) is 0 Å². The molecule has 0 saturated heterocycles. The molecule has 0 atom stereocenters. The van der Waals surface area contributed by atoms with Crippen LogP contribution >= 0.6 is 0 Å². The van der Waals surface area contributed by atoms with E-state index < -0.39 is 0 Å². The molecule has 0 aromatic carbocycles. The molecular weight excluding hydrogens is 572 g/mol. The number of rotatable bonds is 12. The van der Waals surface area contributed by atoms with Crippen LogP contribution in [-0.4, -0.2) is 47.9 Å². The van der Waals surface area contributed by atoms with E-state index in [0.717, 1.165) is 56.2 Å². The lowest BCUT2D eigenvalue weighted by atomic mass is 9.98. The third kappa shape index (κ3) is 6.69. The monoisotopic (exact) mass is 612 g/mol. The molecule has 4 rings (SSSR count). The molecule has 2 aliphatic rings. The minimum atomic E-state index is -0.318. The number of aromatic nitrogens is 2. The van der Waals surface area contributed by atoms with Crippen LogP contribution in [0.3, 0.4) is 0 Å². The van der Waals surface area contributed by atoms with Gasteiger partial charge in [0.05, 0.1) is 19.9 Å². The maximum Gasteiger partial charge on any atom is 0.305 e. The van der Waals surface area contributed by atoms with E-state index in [1.54, 1.807) is 19.1 Å². The lowest BCUT2D eigenvalue weighted by molar-refractivity contribution is -0.141. The third-order valence-electron chi connectivity index (χ3n) is 8.55. The number of methoxy groups -OCH3 is 2. The van der Waals surface area contributed by atoms with Crippen LogP contribution in [-0.2, 0) is 47.9 Å². The summed E-state index contributed by atoms with van der Waals surface area (Å²) in [7, 11) is 2.73. The Morgan fingerprint density at radius 3 is 1.60 bits per heavy atom. The van der Waals surface area contributed by atoms with Gasteiger partial charge in [-0.05, 0) is 80.5 Å². The van der Waals surface area contributed by atoms with Gasteiger partial charge in [0.2, 0.25) is 0 Å². The van der Waals surface area contributed by atoms with Crippen molar-refractivity contribution in [3.63, 3.8) is 0 Å². The van der Waals surface area contributed by atoms with Gasteiger partial charge >= 0.3 is 11.9 Å². The van der Waals surface area contributed by atoms with Crippen LogP contribution in [0.4, 0.5) is 0 Å². The Kier molecular flexibility index (Phi) is 9.96. The van der Waals surface area contributed by atoms with Crippen LogP contribution in [0.2, 0.25) is 0 Å².